The summed E-state index contributed by atoms with van der Waals surface area (Å²) in [6, 6.07) is 2.66. The molecule has 0 unspecified atom stereocenters. The van der Waals surface area contributed by atoms with E-state index in [0.717, 1.165) is 0 Å². The van der Waals surface area contributed by atoms with Gasteiger partial charge in [0.1, 0.15) is 8.24 Å². The van der Waals surface area contributed by atoms with Crippen LogP contribution >= 0.6 is 0 Å². The molecule has 0 atom stereocenters. The molecule has 1 N–H and O–H groups in total. The molecule has 0 aliphatic heterocycles. The highest BCUT2D eigenvalue weighted by Gasteiger charge is 2.31. The summed E-state index contributed by atoms with van der Waals surface area (Å²) in [5.74, 6) is 0. The zero-order valence-electron chi connectivity index (χ0n) is 13.9. The Kier molecular flexibility index (Phi) is 8.40. The van der Waals surface area contributed by atoms with Gasteiger partial charge in [0.15, 0.2) is 0 Å². The number of hydrogen-bond acceptors (Lipinski definition) is 2. The summed E-state index contributed by atoms with van der Waals surface area (Å²) in [7, 11) is -1.22. The first-order chi connectivity index (χ1) is 8.32. The van der Waals surface area contributed by atoms with Crippen molar-refractivity contribution in [1.29, 1.82) is 0 Å². The fourth-order valence-corrected chi connectivity index (χ4v) is 5.31. The molecule has 2 nitrogen and oxygen atoms in total. The molecule has 0 spiro atoms. The molecular weight excluding hydrogens is 236 g/mol. The van der Waals surface area contributed by atoms with E-state index >= 15 is 0 Å². The van der Waals surface area contributed by atoms with E-state index in [2.05, 4.69) is 58.0 Å². The van der Waals surface area contributed by atoms with Crippen LogP contribution in [-0.2, 0) is 0 Å². The predicted octanol–water partition coefficient (Wildman–Crippen LogP) is 4.09. The summed E-state index contributed by atoms with van der Waals surface area (Å²) in [5.41, 5.74) is 0.247. The van der Waals surface area contributed by atoms with Crippen molar-refractivity contribution in [1.82, 2.24) is 9.88 Å². The van der Waals surface area contributed by atoms with E-state index < -0.39 is 8.24 Å². The molecule has 0 saturated carbocycles. The average molecular weight is 273 g/mol. The van der Waals surface area contributed by atoms with Crippen molar-refractivity contribution in [2.24, 2.45) is 0 Å². The molecule has 0 radical (unpaired) electrons. The van der Waals surface area contributed by atoms with Crippen molar-refractivity contribution in [2.45, 2.75) is 78.6 Å². The van der Waals surface area contributed by atoms with E-state index in [1.807, 2.05) is 0 Å². The van der Waals surface area contributed by atoms with Crippen molar-refractivity contribution in [2.75, 3.05) is 19.6 Å². The first kappa shape index (κ1) is 18.1. The number of nitrogens with zero attached hydrogens (tertiary/aromatic N) is 1. The summed E-state index contributed by atoms with van der Waals surface area (Å²) < 4.78 is 0. The topological polar surface area (TPSA) is 15.3 Å². The van der Waals surface area contributed by atoms with Crippen LogP contribution < -0.4 is 4.98 Å². The summed E-state index contributed by atoms with van der Waals surface area (Å²) >= 11 is 0. The molecule has 0 rings (SSSR count). The second-order valence-corrected chi connectivity index (χ2v) is 11.3. The molecule has 0 aliphatic rings. The zero-order valence-corrected chi connectivity index (χ0v) is 14.9. The molecule has 0 fully saturated rings. The number of nitrogens with one attached hydrogen (secondary N) is 1. The Morgan fingerprint density at radius 3 is 1.72 bits per heavy atom. The largest absolute Gasteiger partial charge is 0.331 e. The molecule has 18 heavy (non-hydrogen) atoms. The Balaban J connectivity index is 4.50. The van der Waals surface area contributed by atoms with Gasteiger partial charge >= 0.3 is 0 Å². The monoisotopic (exact) mass is 272 g/mol. The van der Waals surface area contributed by atoms with Crippen LogP contribution in [0, 0.1) is 0 Å². The van der Waals surface area contributed by atoms with Crippen LogP contribution in [0.2, 0.25) is 18.6 Å². The lowest BCUT2D eigenvalue weighted by molar-refractivity contribution is 0.215. The quantitative estimate of drug-likeness (QED) is 0.603. The molecule has 3 heteroatoms. The fourth-order valence-electron chi connectivity index (χ4n) is 2.74. The molecular formula is C15H36N2Si. The maximum absolute atomic E-state index is 4.01. The van der Waals surface area contributed by atoms with Crippen molar-refractivity contribution in [3.63, 3.8) is 0 Å². The van der Waals surface area contributed by atoms with Gasteiger partial charge in [-0.15, -0.1) is 0 Å². The second-order valence-electron chi connectivity index (χ2n) is 6.55. The highest BCUT2D eigenvalue weighted by molar-refractivity contribution is 6.76. The van der Waals surface area contributed by atoms with Gasteiger partial charge < -0.3 is 9.88 Å². The molecule has 0 bridgehead atoms. The first-order valence-electron chi connectivity index (χ1n) is 7.84. The van der Waals surface area contributed by atoms with Gasteiger partial charge in [-0.2, -0.15) is 0 Å². The van der Waals surface area contributed by atoms with E-state index in [-0.39, 0.29) is 5.54 Å². The maximum atomic E-state index is 4.01. The normalized spacial score (nSPS) is 13.3. The lowest BCUT2D eigenvalue weighted by Crippen LogP contribution is -2.60. The van der Waals surface area contributed by atoms with Gasteiger partial charge in [-0.1, -0.05) is 34.2 Å². The third-order valence-electron chi connectivity index (χ3n) is 3.90. The summed E-state index contributed by atoms with van der Waals surface area (Å²) in [6.07, 6.45) is 2.51. The molecule has 0 heterocycles. The van der Waals surface area contributed by atoms with E-state index in [1.165, 1.54) is 44.6 Å². The van der Waals surface area contributed by atoms with Gasteiger partial charge in [0.25, 0.3) is 0 Å². The third-order valence-corrected chi connectivity index (χ3v) is 8.30. The molecule has 0 aromatic carbocycles. The van der Waals surface area contributed by atoms with Crippen LogP contribution in [0.5, 0.6) is 0 Å². The summed E-state index contributed by atoms with van der Waals surface area (Å²) in [6.45, 7) is 20.1. The van der Waals surface area contributed by atoms with Gasteiger partial charge in [-0.05, 0) is 51.9 Å². The molecule has 0 amide bonds. The molecule has 0 saturated heterocycles. The third kappa shape index (κ3) is 6.91. The van der Waals surface area contributed by atoms with Crippen LogP contribution in [0.1, 0.15) is 54.4 Å². The van der Waals surface area contributed by atoms with E-state index in [4.69, 9.17) is 0 Å². The zero-order chi connectivity index (χ0) is 14.2. The maximum Gasteiger partial charge on any atom is 0.122 e. The molecule has 110 valence electrons. The van der Waals surface area contributed by atoms with Crippen LogP contribution in [0.25, 0.3) is 0 Å². The molecule has 0 aliphatic carbocycles. The average Bonchev–Trinajstić information content (AvgIpc) is 2.28. The lowest BCUT2D eigenvalue weighted by Gasteiger charge is -2.40. The van der Waals surface area contributed by atoms with Crippen molar-refractivity contribution in [3.05, 3.63) is 0 Å². The highest BCUT2D eigenvalue weighted by Crippen LogP contribution is 2.17. The lowest BCUT2D eigenvalue weighted by atomic mass is 10.1. The SMILES string of the molecule is CCCN(CCC)CC(C)(C)N[Si](C)(CC)CC. The van der Waals surface area contributed by atoms with Gasteiger partial charge in [-0.25, -0.2) is 0 Å². The van der Waals surface area contributed by atoms with E-state index in [9.17, 15) is 0 Å². The van der Waals surface area contributed by atoms with Gasteiger partial charge in [0.2, 0.25) is 0 Å². The van der Waals surface area contributed by atoms with Crippen molar-refractivity contribution >= 4 is 8.24 Å². The molecule has 0 aromatic heterocycles. The Morgan fingerprint density at radius 1 is 0.944 bits per heavy atom. The minimum absolute atomic E-state index is 0.247. The Bertz CT molecular complexity index is 207. The Morgan fingerprint density at radius 2 is 1.39 bits per heavy atom. The second kappa shape index (κ2) is 8.34. The summed E-state index contributed by atoms with van der Waals surface area (Å²) in [4.78, 5) is 6.63. The van der Waals surface area contributed by atoms with Gasteiger partial charge in [0, 0.05) is 12.1 Å². The Hall–Kier alpha value is 0.137. The predicted molar refractivity (Wildman–Crippen MR) is 86.8 cm³/mol. The van der Waals surface area contributed by atoms with E-state index in [0.29, 0.717) is 0 Å². The Labute approximate surface area is 117 Å². The van der Waals surface area contributed by atoms with E-state index in [1.54, 1.807) is 0 Å². The van der Waals surface area contributed by atoms with Crippen LogP contribution in [0.3, 0.4) is 0 Å². The van der Waals surface area contributed by atoms with Crippen LogP contribution in [0.15, 0.2) is 0 Å². The van der Waals surface area contributed by atoms with Crippen LogP contribution in [0.4, 0.5) is 0 Å². The number of hydrogen-bond donors (Lipinski definition) is 1. The van der Waals surface area contributed by atoms with Gasteiger partial charge in [0.05, 0.1) is 0 Å². The minimum atomic E-state index is -1.22. The molecule has 0 aromatic rings. The highest BCUT2D eigenvalue weighted by atomic mass is 28.3. The summed E-state index contributed by atoms with van der Waals surface area (Å²) in [5, 5.41) is 0. The first-order valence-corrected chi connectivity index (χ1v) is 10.8. The standard InChI is InChI=1S/C15H36N2Si/c1-8-12-17(13-9-2)14-15(5,6)16-18(7,10-3)11-4/h16H,8-14H2,1-7H3. The van der Waals surface area contributed by atoms with Crippen molar-refractivity contribution in [3.8, 4) is 0 Å². The minimum Gasteiger partial charge on any atom is -0.331 e. The van der Waals surface area contributed by atoms with Crippen molar-refractivity contribution < 1.29 is 0 Å². The smallest absolute Gasteiger partial charge is 0.122 e. The van der Waals surface area contributed by atoms with Crippen LogP contribution in [-0.4, -0.2) is 38.3 Å². The number of rotatable bonds is 10. The fraction of sp³-hybridized carbons (Fsp3) is 1.00. The van der Waals surface area contributed by atoms with Gasteiger partial charge in [-0.3, -0.25) is 0 Å².